The molecule has 2 bridgehead atoms. The van der Waals surface area contributed by atoms with Crippen molar-refractivity contribution in [2.45, 2.75) is 19.3 Å². The van der Waals surface area contributed by atoms with Crippen LogP contribution in [0.4, 0.5) is 0 Å². The summed E-state index contributed by atoms with van der Waals surface area (Å²) in [6.07, 6.45) is 2.37. The Morgan fingerprint density at radius 2 is 1.88 bits per heavy atom. The van der Waals surface area contributed by atoms with E-state index in [0.29, 0.717) is 6.61 Å². The summed E-state index contributed by atoms with van der Waals surface area (Å²) in [7, 11) is 0. The highest BCUT2D eigenvalue weighted by Gasteiger charge is 2.72. The number of carboxylic acids is 1. The molecule has 3 saturated carbocycles. The Morgan fingerprint density at radius 3 is 2.41 bits per heavy atom. The SMILES string of the molecule is O=C(O)C12CC(COc3ccc(I)cc3)(C1)C2. The summed E-state index contributed by atoms with van der Waals surface area (Å²) in [5.74, 6) is 0.244. The van der Waals surface area contributed by atoms with Gasteiger partial charge in [0.05, 0.1) is 12.0 Å². The van der Waals surface area contributed by atoms with E-state index in [9.17, 15) is 4.79 Å². The number of carbonyl (C=O) groups is 1. The number of aliphatic carboxylic acids is 1. The first-order chi connectivity index (χ1) is 8.04. The Labute approximate surface area is 113 Å². The fourth-order valence-electron chi connectivity index (χ4n) is 3.15. The van der Waals surface area contributed by atoms with Crippen LogP contribution < -0.4 is 4.74 Å². The third-order valence-electron chi connectivity index (χ3n) is 3.95. The lowest BCUT2D eigenvalue weighted by molar-refractivity contribution is -0.231. The fraction of sp³-hybridized carbons (Fsp3) is 0.462. The molecule has 0 unspecified atom stereocenters. The zero-order valence-corrected chi connectivity index (χ0v) is 11.4. The van der Waals surface area contributed by atoms with Crippen molar-refractivity contribution in [3.63, 3.8) is 0 Å². The van der Waals surface area contributed by atoms with Crippen LogP contribution in [-0.2, 0) is 4.79 Å². The summed E-state index contributed by atoms with van der Waals surface area (Å²) < 4.78 is 6.92. The van der Waals surface area contributed by atoms with Gasteiger partial charge >= 0.3 is 5.97 Å². The van der Waals surface area contributed by atoms with Gasteiger partial charge < -0.3 is 9.84 Å². The van der Waals surface area contributed by atoms with E-state index in [0.717, 1.165) is 25.0 Å². The van der Waals surface area contributed by atoms with Gasteiger partial charge in [-0.05, 0) is 66.1 Å². The number of carboxylic acid groups (broad SMARTS) is 1. The molecule has 0 radical (unpaired) electrons. The second kappa shape index (κ2) is 3.60. The molecule has 90 valence electrons. The molecule has 3 nitrogen and oxygen atoms in total. The van der Waals surface area contributed by atoms with Crippen LogP contribution in [0.25, 0.3) is 0 Å². The first-order valence-electron chi connectivity index (χ1n) is 5.66. The first kappa shape index (κ1) is 11.3. The van der Waals surface area contributed by atoms with Crippen LogP contribution in [0.2, 0.25) is 0 Å². The van der Waals surface area contributed by atoms with E-state index in [4.69, 9.17) is 9.84 Å². The maximum Gasteiger partial charge on any atom is 0.309 e. The molecule has 0 heterocycles. The number of hydrogen-bond donors (Lipinski definition) is 1. The van der Waals surface area contributed by atoms with Gasteiger partial charge in [0.25, 0.3) is 0 Å². The standard InChI is InChI=1S/C13H13IO3/c14-9-1-3-10(4-2-9)17-8-12-5-13(6-12,7-12)11(15)16/h1-4H,5-8H2,(H,15,16). The smallest absolute Gasteiger partial charge is 0.309 e. The molecule has 0 amide bonds. The zero-order chi connectivity index (χ0) is 12.1. The van der Waals surface area contributed by atoms with Gasteiger partial charge in [0, 0.05) is 8.99 Å². The van der Waals surface area contributed by atoms with Crippen molar-refractivity contribution in [3.05, 3.63) is 27.8 Å². The zero-order valence-electron chi connectivity index (χ0n) is 9.28. The molecule has 0 spiro atoms. The number of ether oxygens (including phenoxy) is 1. The molecular weight excluding hydrogens is 331 g/mol. The Morgan fingerprint density at radius 1 is 1.29 bits per heavy atom. The van der Waals surface area contributed by atoms with Crippen molar-refractivity contribution >= 4 is 28.6 Å². The van der Waals surface area contributed by atoms with E-state index in [2.05, 4.69) is 22.6 Å². The average Bonchev–Trinajstić information content (AvgIpc) is 2.16. The summed E-state index contributed by atoms with van der Waals surface area (Å²) in [5.41, 5.74) is -0.239. The molecule has 1 N–H and O–H groups in total. The molecule has 0 aliphatic heterocycles. The molecule has 4 heteroatoms. The normalized spacial score (nSPS) is 33.5. The summed E-state index contributed by atoms with van der Waals surface area (Å²) in [6, 6.07) is 7.94. The number of benzene rings is 1. The molecule has 3 aliphatic rings. The second-order valence-corrected chi connectivity index (χ2v) is 6.60. The molecule has 3 fully saturated rings. The molecule has 3 aliphatic carbocycles. The third kappa shape index (κ3) is 1.73. The van der Waals surface area contributed by atoms with Crippen LogP contribution in [-0.4, -0.2) is 17.7 Å². The third-order valence-corrected chi connectivity index (χ3v) is 4.67. The van der Waals surface area contributed by atoms with Crippen LogP contribution in [0, 0.1) is 14.4 Å². The van der Waals surface area contributed by atoms with Crippen molar-refractivity contribution < 1.29 is 14.6 Å². The topological polar surface area (TPSA) is 46.5 Å². The number of rotatable bonds is 4. The largest absolute Gasteiger partial charge is 0.493 e. The summed E-state index contributed by atoms with van der Waals surface area (Å²) >= 11 is 2.26. The Balaban J connectivity index is 1.55. The van der Waals surface area contributed by atoms with E-state index in [-0.39, 0.29) is 5.41 Å². The Hall–Kier alpha value is -0.780. The van der Waals surface area contributed by atoms with Crippen LogP contribution in [0.1, 0.15) is 19.3 Å². The van der Waals surface area contributed by atoms with Gasteiger partial charge in [0.15, 0.2) is 0 Å². The van der Waals surface area contributed by atoms with E-state index >= 15 is 0 Å². The summed E-state index contributed by atoms with van der Waals surface area (Å²) in [5, 5.41) is 9.02. The molecule has 0 atom stereocenters. The average molecular weight is 344 g/mol. The fourth-order valence-corrected chi connectivity index (χ4v) is 3.50. The molecular formula is C13H13IO3. The van der Waals surface area contributed by atoms with Gasteiger partial charge in [-0.25, -0.2) is 0 Å². The van der Waals surface area contributed by atoms with Gasteiger partial charge in [-0.15, -0.1) is 0 Å². The van der Waals surface area contributed by atoms with Crippen molar-refractivity contribution in [2.75, 3.05) is 6.61 Å². The lowest BCUT2D eigenvalue weighted by Gasteiger charge is -2.67. The van der Waals surface area contributed by atoms with Gasteiger partial charge in [0.2, 0.25) is 0 Å². The van der Waals surface area contributed by atoms with Gasteiger partial charge in [-0.1, -0.05) is 0 Å². The molecule has 1 aromatic carbocycles. The van der Waals surface area contributed by atoms with Crippen LogP contribution in [0.3, 0.4) is 0 Å². The number of halogens is 1. The highest BCUT2D eigenvalue weighted by molar-refractivity contribution is 14.1. The highest BCUT2D eigenvalue weighted by atomic mass is 127. The van der Waals surface area contributed by atoms with Gasteiger partial charge in [-0.3, -0.25) is 4.79 Å². The van der Waals surface area contributed by atoms with E-state index < -0.39 is 11.4 Å². The predicted molar refractivity (Wildman–Crippen MR) is 71.0 cm³/mol. The van der Waals surface area contributed by atoms with E-state index in [1.165, 1.54) is 3.57 Å². The molecule has 0 aromatic heterocycles. The number of hydrogen-bond acceptors (Lipinski definition) is 2. The van der Waals surface area contributed by atoms with E-state index in [1.807, 2.05) is 24.3 Å². The molecule has 0 saturated heterocycles. The minimum Gasteiger partial charge on any atom is -0.493 e. The summed E-state index contributed by atoms with van der Waals surface area (Å²) in [4.78, 5) is 11.0. The van der Waals surface area contributed by atoms with Gasteiger partial charge in [0.1, 0.15) is 5.75 Å². The minimum absolute atomic E-state index is 0.154. The predicted octanol–water partition coefficient (Wildman–Crippen LogP) is 2.92. The van der Waals surface area contributed by atoms with Gasteiger partial charge in [-0.2, -0.15) is 0 Å². The maximum atomic E-state index is 11.0. The van der Waals surface area contributed by atoms with Crippen molar-refractivity contribution in [3.8, 4) is 5.75 Å². The van der Waals surface area contributed by atoms with Crippen LogP contribution >= 0.6 is 22.6 Å². The Kier molecular flexibility index (Phi) is 2.40. The molecule has 4 rings (SSSR count). The summed E-state index contributed by atoms with van der Waals surface area (Å²) in [6.45, 7) is 0.655. The van der Waals surface area contributed by atoms with Crippen molar-refractivity contribution in [1.82, 2.24) is 0 Å². The molecule has 17 heavy (non-hydrogen) atoms. The lowest BCUT2D eigenvalue weighted by Crippen LogP contribution is -2.67. The quantitative estimate of drug-likeness (QED) is 0.855. The van der Waals surface area contributed by atoms with Crippen LogP contribution in [0.15, 0.2) is 24.3 Å². The first-order valence-corrected chi connectivity index (χ1v) is 6.73. The van der Waals surface area contributed by atoms with Crippen molar-refractivity contribution in [2.24, 2.45) is 10.8 Å². The highest BCUT2D eigenvalue weighted by Crippen LogP contribution is 2.73. The van der Waals surface area contributed by atoms with Crippen LogP contribution in [0.5, 0.6) is 5.75 Å². The maximum absolute atomic E-state index is 11.0. The lowest BCUT2D eigenvalue weighted by atomic mass is 9.35. The van der Waals surface area contributed by atoms with E-state index in [1.54, 1.807) is 0 Å². The molecule has 1 aromatic rings. The second-order valence-electron chi connectivity index (χ2n) is 5.36. The monoisotopic (exact) mass is 344 g/mol. The minimum atomic E-state index is -0.631. The Bertz CT molecular complexity index is 446. The van der Waals surface area contributed by atoms with Crippen molar-refractivity contribution in [1.29, 1.82) is 0 Å².